The smallest absolute Gasteiger partial charge is 0.314 e. The first-order chi connectivity index (χ1) is 8.98. The van der Waals surface area contributed by atoms with Crippen LogP contribution in [0.1, 0.15) is 15.9 Å². The Labute approximate surface area is 108 Å². The second-order valence-corrected chi connectivity index (χ2v) is 4.37. The van der Waals surface area contributed by atoms with E-state index in [0.29, 0.717) is 13.1 Å². The number of rotatable bonds is 3. The Morgan fingerprint density at radius 1 is 1.37 bits per heavy atom. The number of alkyl halides is 3. The Morgan fingerprint density at radius 3 is 2.68 bits per heavy atom. The molecule has 0 radical (unpaired) electrons. The van der Waals surface area contributed by atoms with E-state index < -0.39 is 17.5 Å². The van der Waals surface area contributed by atoms with Crippen LogP contribution in [0.5, 0.6) is 0 Å². The zero-order valence-corrected chi connectivity index (χ0v) is 10.2. The molecule has 1 aliphatic rings. The van der Waals surface area contributed by atoms with Gasteiger partial charge in [-0.1, -0.05) is 0 Å². The van der Waals surface area contributed by atoms with Crippen molar-refractivity contribution in [1.29, 1.82) is 0 Å². The third-order valence-electron chi connectivity index (χ3n) is 3.00. The number of aromatic nitrogens is 1. The van der Waals surface area contributed by atoms with E-state index in [2.05, 4.69) is 10.3 Å². The lowest BCUT2D eigenvalue weighted by atomic mass is 10.1. The zero-order valence-electron chi connectivity index (χ0n) is 10.2. The van der Waals surface area contributed by atoms with Gasteiger partial charge in [-0.2, -0.15) is 13.2 Å². The van der Waals surface area contributed by atoms with Crippen molar-refractivity contribution in [3.05, 3.63) is 29.6 Å². The van der Waals surface area contributed by atoms with E-state index in [1.54, 1.807) is 0 Å². The van der Waals surface area contributed by atoms with Gasteiger partial charge in [-0.05, 0) is 6.07 Å². The molecular weight excluding hydrogens is 259 g/mol. The number of Topliss-reactive ketones (excluding diaryl/α,β-unsaturated/α-hetero) is 1. The average molecular weight is 273 g/mol. The first-order valence-corrected chi connectivity index (χ1v) is 5.96. The molecule has 1 N–H and O–H groups in total. The molecule has 0 bridgehead atoms. The van der Waals surface area contributed by atoms with E-state index in [4.69, 9.17) is 0 Å². The number of pyridine rings is 1. The second kappa shape index (κ2) is 5.66. The third-order valence-corrected chi connectivity index (χ3v) is 3.00. The molecule has 1 aliphatic heterocycles. The number of piperazine rings is 1. The zero-order chi connectivity index (χ0) is 13.9. The summed E-state index contributed by atoms with van der Waals surface area (Å²) < 4.78 is 38.4. The third kappa shape index (κ3) is 3.51. The van der Waals surface area contributed by atoms with Crippen molar-refractivity contribution < 1.29 is 18.0 Å². The van der Waals surface area contributed by atoms with Crippen LogP contribution in [-0.4, -0.2) is 48.4 Å². The van der Waals surface area contributed by atoms with Crippen LogP contribution in [0, 0.1) is 0 Å². The Hall–Kier alpha value is -1.47. The molecule has 0 aromatic carbocycles. The summed E-state index contributed by atoms with van der Waals surface area (Å²) in [6.45, 7) is 2.80. The molecule has 0 unspecified atom stereocenters. The quantitative estimate of drug-likeness (QED) is 0.840. The number of nitrogens with one attached hydrogen (secondary N) is 1. The van der Waals surface area contributed by atoms with E-state index in [0.717, 1.165) is 31.5 Å². The van der Waals surface area contributed by atoms with Crippen LogP contribution >= 0.6 is 0 Å². The molecule has 19 heavy (non-hydrogen) atoms. The standard InChI is InChI=1S/C12H14F3N3O/c13-12(14,15)10-1-2-17-7-9(10)11(19)8-18-5-3-16-4-6-18/h1-2,7,16H,3-6,8H2. The number of halogens is 3. The molecule has 2 rings (SSSR count). The maximum Gasteiger partial charge on any atom is 0.417 e. The van der Waals surface area contributed by atoms with E-state index in [-0.39, 0.29) is 12.1 Å². The van der Waals surface area contributed by atoms with Gasteiger partial charge in [0.2, 0.25) is 0 Å². The lowest BCUT2D eigenvalue weighted by molar-refractivity contribution is -0.138. The normalized spacial score (nSPS) is 17.4. The van der Waals surface area contributed by atoms with Gasteiger partial charge in [0, 0.05) is 44.1 Å². The van der Waals surface area contributed by atoms with Crippen molar-refractivity contribution in [3.63, 3.8) is 0 Å². The summed E-state index contributed by atoms with van der Waals surface area (Å²) in [5.74, 6) is -0.540. The molecule has 1 fully saturated rings. The predicted octanol–water partition coefficient (Wildman–Crippen LogP) is 1.19. The van der Waals surface area contributed by atoms with Gasteiger partial charge in [0.05, 0.1) is 12.1 Å². The van der Waals surface area contributed by atoms with Gasteiger partial charge in [-0.25, -0.2) is 0 Å². The molecule has 0 saturated carbocycles. The minimum Gasteiger partial charge on any atom is -0.314 e. The van der Waals surface area contributed by atoms with Gasteiger partial charge < -0.3 is 5.32 Å². The highest BCUT2D eigenvalue weighted by Crippen LogP contribution is 2.31. The Balaban J connectivity index is 2.14. The van der Waals surface area contributed by atoms with Crippen molar-refractivity contribution in [3.8, 4) is 0 Å². The van der Waals surface area contributed by atoms with Gasteiger partial charge >= 0.3 is 6.18 Å². The fourth-order valence-corrected chi connectivity index (χ4v) is 2.02. The Kier molecular flexibility index (Phi) is 4.16. The van der Waals surface area contributed by atoms with E-state index in [9.17, 15) is 18.0 Å². The Bertz CT molecular complexity index is 456. The highest BCUT2D eigenvalue weighted by atomic mass is 19.4. The van der Waals surface area contributed by atoms with Gasteiger partial charge in [0.1, 0.15) is 0 Å². The first-order valence-electron chi connectivity index (χ1n) is 5.96. The van der Waals surface area contributed by atoms with Crippen LogP contribution in [0.25, 0.3) is 0 Å². The number of ketones is 1. The minimum absolute atomic E-state index is 0.00352. The lowest BCUT2D eigenvalue weighted by Gasteiger charge is -2.26. The van der Waals surface area contributed by atoms with Crippen LogP contribution in [0.3, 0.4) is 0 Å². The molecule has 7 heteroatoms. The van der Waals surface area contributed by atoms with Crippen molar-refractivity contribution in [2.75, 3.05) is 32.7 Å². The van der Waals surface area contributed by atoms with Crippen LogP contribution in [0.4, 0.5) is 13.2 Å². The molecule has 1 saturated heterocycles. The lowest BCUT2D eigenvalue weighted by Crippen LogP contribution is -2.45. The number of hydrogen-bond donors (Lipinski definition) is 1. The molecule has 2 heterocycles. The summed E-state index contributed by atoms with van der Waals surface area (Å²) in [5, 5.41) is 3.12. The fraction of sp³-hybridized carbons (Fsp3) is 0.500. The molecule has 0 aliphatic carbocycles. The van der Waals surface area contributed by atoms with Gasteiger partial charge in [0.25, 0.3) is 0 Å². The molecule has 4 nitrogen and oxygen atoms in total. The van der Waals surface area contributed by atoms with Gasteiger partial charge in [-0.15, -0.1) is 0 Å². The van der Waals surface area contributed by atoms with Gasteiger partial charge in [-0.3, -0.25) is 14.7 Å². The van der Waals surface area contributed by atoms with Crippen LogP contribution in [0.2, 0.25) is 0 Å². The van der Waals surface area contributed by atoms with Crippen LogP contribution < -0.4 is 5.32 Å². The Morgan fingerprint density at radius 2 is 2.05 bits per heavy atom. The van der Waals surface area contributed by atoms with Crippen molar-refractivity contribution in [2.45, 2.75) is 6.18 Å². The summed E-state index contributed by atoms with van der Waals surface area (Å²) in [7, 11) is 0. The molecular formula is C12H14F3N3O. The molecule has 1 aromatic heterocycles. The predicted molar refractivity (Wildman–Crippen MR) is 62.9 cm³/mol. The highest BCUT2D eigenvalue weighted by molar-refractivity contribution is 5.98. The van der Waals surface area contributed by atoms with Crippen LogP contribution in [-0.2, 0) is 6.18 Å². The molecule has 1 aromatic rings. The summed E-state index contributed by atoms with van der Waals surface area (Å²) >= 11 is 0. The van der Waals surface area contributed by atoms with Crippen molar-refractivity contribution >= 4 is 5.78 Å². The van der Waals surface area contributed by atoms with E-state index >= 15 is 0 Å². The topological polar surface area (TPSA) is 45.2 Å². The molecule has 104 valence electrons. The summed E-state index contributed by atoms with van der Waals surface area (Å²) in [6.07, 6.45) is -2.49. The van der Waals surface area contributed by atoms with E-state index in [1.807, 2.05) is 4.90 Å². The summed E-state index contributed by atoms with van der Waals surface area (Å²) in [4.78, 5) is 17.4. The summed E-state index contributed by atoms with van der Waals surface area (Å²) in [5.41, 5.74) is -1.27. The van der Waals surface area contributed by atoms with Crippen molar-refractivity contribution in [2.24, 2.45) is 0 Å². The van der Waals surface area contributed by atoms with Gasteiger partial charge in [0.15, 0.2) is 5.78 Å². The number of hydrogen-bond acceptors (Lipinski definition) is 4. The molecule has 0 amide bonds. The summed E-state index contributed by atoms with van der Waals surface area (Å²) in [6, 6.07) is 0.838. The SMILES string of the molecule is O=C(CN1CCNCC1)c1cnccc1C(F)(F)F. The first kappa shape index (κ1) is 14.0. The van der Waals surface area contributed by atoms with Crippen molar-refractivity contribution in [1.82, 2.24) is 15.2 Å². The van der Waals surface area contributed by atoms with Crippen LogP contribution in [0.15, 0.2) is 18.5 Å². The van der Waals surface area contributed by atoms with E-state index in [1.165, 1.54) is 0 Å². The monoisotopic (exact) mass is 273 g/mol. The highest BCUT2D eigenvalue weighted by Gasteiger charge is 2.35. The second-order valence-electron chi connectivity index (χ2n) is 4.37. The fourth-order valence-electron chi connectivity index (χ4n) is 2.02. The maximum atomic E-state index is 12.8. The largest absolute Gasteiger partial charge is 0.417 e. The number of carbonyl (C=O) groups is 1. The number of carbonyl (C=O) groups excluding carboxylic acids is 1. The minimum atomic E-state index is -4.53. The molecule has 0 spiro atoms. The number of nitrogens with zero attached hydrogens (tertiary/aromatic N) is 2. The average Bonchev–Trinajstić information content (AvgIpc) is 2.39. The molecule has 0 atom stereocenters. The maximum absolute atomic E-state index is 12.8.